The number of amides is 2. The third-order valence-corrected chi connectivity index (χ3v) is 10.7. The molecule has 2 amide bonds. The molecular formula is C38H41F8N7O6. The molecule has 1 spiro atoms. The van der Waals surface area contributed by atoms with Gasteiger partial charge in [-0.1, -0.05) is 6.07 Å². The first-order valence-electron chi connectivity index (χ1n) is 18.6. The van der Waals surface area contributed by atoms with Crippen LogP contribution in [0.15, 0.2) is 54.1 Å². The van der Waals surface area contributed by atoms with Crippen LogP contribution in [-0.2, 0) is 33.2 Å². The van der Waals surface area contributed by atoms with Gasteiger partial charge in [-0.15, -0.1) is 0 Å². The van der Waals surface area contributed by atoms with Crippen molar-refractivity contribution in [1.29, 1.82) is 0 Å². The van der Waals surface area contributed by atoms with Crippen molar-refractivity contribution in [1.82, 2.24) is 29.8 Å². The summed E-state index contributed by atoms with van der Waals surface area (Å²) < 4.78 is 123. The number of aliphatic hydroxyl groups excluding tert-OH is 2. The molecule has 2 aliphatic heterocycles. The highest BCUT2D eigenvalue weighted by Gasteiger charge is 2.55. The number of piperazine rings is 1. The third-order valence-electron chi connectivity index (χ3n) is 10.7. The van der Waals surface area contributed by atoms with Crippen molar-refractivity contribution >= 4 is 17.5 Å². The SMILES string of the molecule is CN1N(Cc2ccc(OCCN3CCN(CCOCCO)CC3)c(F)c2F)C(=O)C(C(=O)Nc2ccc(C(F)(F)F)cc2-c2cc(C(F)(F)F)ncn2)=C(O)C12CCC2. The molecule has 59 heavy (non-hydrogen) atoms. The smallest absolute Gasteiger partial charge is 0.433 e. The fourth-order valence-corrected chi connectivity index (χ4v) is 7.17. The first-order valence-corrected chi connectivity index (χ1v) is 18.6. The number of alkyl halides is 6. The highest BCUT2D eigenvalue weighted by atomic mass is 19.4. The number of hydrogen-bond acceptors (Lipinski definition) is 11. The minimum Gasteiger partial charge on any atom is -0.509 e. The Balaban J connectivity index is 1.18. The Kier molecular flexibility index (Phi) is 13.1. The molecule has 3 heterocycles. The lowest BCUT2D eigenvalue weighted by Gasteiger charge is -2.54. The number of aliphatic hydroxyl groups is 2. The van der Waals surface area contributed by atoms with E-state index in [2.05, 4.69) is 25.1 Å². The average molecular weight is 844 g/mol. The molecule has 3 aliphatic rings. The topological polar surface area (TPSA) is 144 Å². The van der Waals surface area contributed by atoms with E-state index in [0.717, 1.165) is 43.8 Å². The molecule has 0 unspecified atom stereocenters. The maximum absolute atomic E-state index is 15.6. The molecule has 3 aromatic rings. The van der Waals surface area contributed by atoms with E-state index in [4.69, 9.17) is 14.6 Å². The van der Waals surface area contributed by atoms with Crippen molar-refractivity contribution in [2.75, 3.05) is 78.1 Å². The number of aromatic nitrogens is 2. The summed E-state index contributed by atoms with van der Waals surface area (Å²) in [4.78, 5) is 39.0. The van der Waals surface area contributed by atoms with Crippen molar-refractivity contribution in [3.8, 4) is 17.0 Å². The molecular weight excluding hydrogens is 802 g/mol. The Hall–Kier alpha value is -4.96. The lowest BCUT2D eigenvalue weighted by molar-refractivity contribution is -0.172. The van der Waals surface area contributed by atoms with E-state index in [-0.39, 0.29) is 44.0 Å². The lowest BCUT2D eigenvalue weighted by atomic mass is 9.72. The summed E-state index contributed by atoms with van der Waals surface area (Å²) in [5, 5.41) is 24.7. The Morgan fingerprint density at radius 1 is 0.898 bits per heavy atom. The molecule has 1 saturated carbocycles. The second-order valence-corrected chi connectivity index (χ2v) is 14.2. The van der Waals surface area contributed by atoms with Crippen LogP contribution in [0.5, 0.6) is 5.75 Å². The fraction of sp³-hybridized carbons (Fsp3) is 0.474. The number of hydrogen-bond donors (Lipinski definition) is 3. The van der Waals surface area contributed by atoms with Crippen molar-refractivity contribution in [2.45, 2.75) is 43.7 Å². The Morgan fingerprint density at radius 3 is 2.19 bits per heavy atom. The highest BCUT2D eigenvalue weighted by Crippen LogP contribution is 2.47. The molecule has 21 heteroatoms. The summed E-state index contributed by atoms with van der Waals surface area (Å²) in [5.74, 6) is -6.19. The Bertz CT molecular complexity index is 2060. The normalized spacial score (nSPS) is 18.1. The molecule has 2 aromatic carbocycles. The van der Waals surface area contributed by atoms with Gasteiger partial charge in [0.05, 0.1) is 48.8 Å². The van der Waals surface area contributed by atoms with E-state index >= 15 is 8.78 Å². The van der Waals surface area contributed by atoms with Crippen LogP contribution in [-0.4, -0.2) is 130 Å². The number of ether oxygens (including phenoxy) is 2. The van der Waals surface area contributed by atoms with Gasteiger partial charge >= 0.3 is 12.4 Å². The zero-order valence-corrected chi connectivity index (χ0v) is 31.7. The minimum atomic E-state index is -4.99. The van der Waals surface area contributed by atoms with Gasteiger partial charge in [-0.25, -0.2) is 19.4 Å². The molecule has 0 bridgehead atoms. The van der Waals surface area contributed by atoms with Crippen LogP contribution < -0.4 is 10.1 Å². The van der Waals surface area contributed by atoms with Gasteiger partial charge in [-0.2, -0.15) is 30.7 Å². The van der Waals surface area contributed by atoms with E-state index in [0.29, 0.717) is 44.1 Å². The van der Waals surface area contributed by atoms with Crippen LogP contribution >= 0.6 is 0 Å². The van der Waals surface area contributed by atoms with Gasteiger partial charge in [0.25, 0.3) is 11.8 Å². The van der Waals surface area contributed by atoms with Crippen molar-refractivity contribution < 1.29 is 64.4 Å². The fourth-order valence-electron chi connectivity index (χ4n) is 7.17. The van der Waals surface area contributed by atoms with Crippen molar-refractivity contribution in [2.24, 2.45) is 0 Å². The predicted molar refractivity (Wildman–Crippen MR) is 193 cm³/mol. The van der Waals surface area contributed by atoms with Gasteiger partial charge in [0.2, 0.25) is 5.82 Å². The van der Waals surface area contributed by atoms with Crippen LogP contribution in [0, 0.1) is 11.6 Å². The maximum atomic E-state index is 15.6. The second kappa shape index (κ2) is 17.7. The zero-order chi connectivity index (χ0) is 42.7. The number of carbonyl (C=O) groups excluding carboxylic acids is 2. The van der Waals surface area contributed by atoms with E-state index in [1.165, 1.54) is 24.2 Å². The molecule has 320 valence electrons. The van der Waals surface area contributed by atoms with E-state index in [1.54, 1.807) is 0 Å². The standard InChI is InChI=1S/C38H41F8N7O6/c1-50-36(7-2-8-36)33(55)30(34(56)49-26-5-4-24(37(41,42)43)19-25(26)27-20-29(38(44,45)46)48-22-47-27)35(57)53(50)21-23-3-6-28(32(40)31(23)39)59-17-14-52-11-9-51(10-12-52)13-16-58-18-15-54/h3-6,19-20,22,54-55H,2,7-18,21H2,1H3,(H,49,56). The number of hydrazine groups is 1. The molecule has 1 aromatic heterocycles. The lowest BCUT2D eigenvalue weighted by Crippen LogP contribution is -2.65. The molecule has 6 rings (SSSR count). The maximum Gasteiger partial charge on any atom is 0.433 e. The number of carbonyl (C=O) groups is 2. The zero-order valence-electron chi connectivity index (χ0n) is 31.7. The van der Waals surface area contributed by atoms with Crippen LogP contribution in [0.3, 0.4) is 0 Å². The Labute approximate surface area is 332 Å². The molecule has 3 N–H and O–H groups in total. The summed E-state index contributed by atoms with van der Waals surface area (Å²) in [7, 11) is 1.42. The van der Waals surface area contributed by atoms with E-state index < -0.39 is 87.4 Å². The second-order valence-electron chi connectivity index (χ2n) is 14.2. The predicted octanol–water partition coefficient (Wildman–Crippen LogP) is 5.03. The number of halogens is 8. The number of benzene rings is 2. The van der Waals surface area contributed by atoms with Crippen LogP contribution in [0.1, 0.15) is 36.1 Å². The van der Waals surface area contributed by atoms with Gasteiger partial charge in [0, 0.05) is 57.4 Å². The molecule has 1 saturated heterocycles. The monoisotopic (exact) mass is 843 g/mol. The van der Waals surface area contributed by atoms with Crippen molar-refractivity contribution in [3.63, 3.8) is 0 Å². The number of anilines is 1. The first-order chi connectivity index (χ1) is 27.9. The highest BCUT2D eigenvalue weighted by molar-refractivity contribution is 6.24. The summed E-state index contributed by atoms with van der Waals surface area (Å²) in [6.07, 6.45) is -8.48. The number of nitrogens with one attached hydrogen (secondary N) is 1. The van der Waals surface area contributed by atoms with Gasteiger partial charge in [-0.05, 0) is 49.6 Å². The summed E-state index contributed by atoms with van der Waals surface area (Å²) >= 11 is 0. The van der Waals surface area contributed by atoms with Crippen LogP contribution in [0.25, 0.3) is 11.3 Å². The molecule has 2 fully saturated rings. The largest absolute Gasteiger partial charge is 0.509 e. The molecule has 0 atom stereocenters. The minimum absolute atomic E-state index is 0.0419. The number of rotatable bonds is 14. The van der Waals surface area contributed by atoms with Crippen LogP contribution in [0.2, 0.25) is 0 Å². The molecule has 0 radical (unpaired) electrons. The molecule has 1 aliphatic carbocycles. The third kappa shape index (κ3) is 9.43. The summed E-state index contributed by atoms with van der Waals surface area (Å²) in [6, 6.07) is 4.59. The number of likely N-dealkylation sites (N-methyl/N-ethyl adjacent to an activating group) is 1. The quantitative estimate of drug-likeness (QED) is 0.114. The van der Waals surface area contributed by atoms with Gasteiger partial charge in [0.15, 0.2) is 11.6 Å². The average Bonchev–Trinajstić information content (AvgIpc) is 3.17. The van der Waals surface area contributed by atoms with E-state index in [9.17, 15) is 41.0 Å². The van der Waals surface area contributed by atoms with Gasteiger partial charge < -0.3 is 25.0 Å². The van der Waals surface area contributed by atoms with Gasteiger partial charge in [-0.3, -0.25) is 24.4 Å². The van der Waals surface area contributed by atoms with E-state index in [1.807, 2.05) is 0 Å². The summed E-state index contributed by atoms with van der Waals surface area (Å²) in [5.41, 5.74) is -6.99. The molecule has 13 nitrogen and oxygen atoms in total. The van der Waals surface area contributed by atoms with Crippen LogP contribution in [0.4, 0.5) is 40.8 Å². The number of nitrogens with zero attached hydrogens (tertiary/aromatic N) is 6. The summed E-state index contributed by atoms with van der Waals surface area (Å²) in [6.45, 7) is 4.31. The van der Waals surface area contributed by atoms with Crippen molar-refractivity contribution in [3.05, 3.63) is 82.5 Å². The first kappa shape index (κ1) is 43.6. The Morgan fingerprint density at radius 2 is 1.58 bits per heavy atom. The van der Waals surface area contributed by atoms with Gasteiger partial charge in [0.1, 0.15) is 30.0 Å².